The first kappa shape index (κ1) is 14.6. The van der Waals surface area contributed by atoms with Crippen molar-refractivity contribution in [2.75, 3.05) is 18.5 Å². The molecular weight excluding hydrogens is 284 g/mol. The van der Waals surface area contributed by atoms with Gasteiger partial charge in [-0.15, -0.1) is 0 Å². The number of carbonyl (C=O) groups excluding carboxylic acids is 1. The lowest BCUT2D eigenvalue weighted by atomic mass is 10.2. The fourth-order valence-corrected chi connectivity index (χ4v) is 2.58. The van der Waals surface area contributed by atoms with Gasteiger partial charge in [-0.2, -0.15) is 0 Å². The Hall–Kier alpha value is -1.79. The third kappa shape index (κ3) is 2.86. The number of hydrogen-bond donors (Lipinski definition) is 3. The van der Waals surface area contributed by atoms with E-state index in [1.165, 1.54) is 17.0 Å². The van der Waals surface area contributed by atoms with Gasteiger partial charge in [0.05, 0.1) is 23.4 Å². The number of halogens is 1. The number of amides is 2. The molecule has 0 bridgehead atoms. The molecule has 1 unspecified atom stereocenters. The van der Waals surface area contributed by atoms with E-state index in [4.69, 9.17) is 16.7 Å². The number of anilines is 1. The van der Waals surface area contributed by atoms with Crippen LogP contribution in [0.1, 0.15) is 23.2 Å². The lowest BCUT2D eigenvalue weighted by Gasteiger charge is -2.23. The number of aliphatic hydroxyl groups is 1. The second kappa shape index (κ2) is 6.11. The van der Waals surface area contributed by atoms with Gasteiger partial charge in [0, 0.05) is 6.54 Å². The first-order valence-corrected chi connectivity index (χ1v) is 6.62. The molecule has 1 aliphatic heterocycles. The molecule has 0 radical (unpaired) electrons. The molecule has 0 spiro atoms. The van der Waals surface area contributed by atoms with Gasteiger partial charge in [0.1, 0.15) is 5.56 Å². The number of carbonyl (C=O) groups is 2. The number of aliphatic hydroxyl groups excluding tert-OH is 1. The van der Waals surface area contributed by atoms with Gasteiger partial charge < -0.3 is 20.4 Å². The zero-order valence-corrected chi connectivity index (χ0v) is 11.4. The minimum Gasteiger partial charge on any atom is -0.478 e. The summed E-state index contributed by atoms with van der Waals surface area (Å²) in [6.07, 6.45) is 1.56. The summed E-state index contributed by atoms with van der Waals surface area (Å²) in [5.74, 6) is -1.20. The third-order valence-corrected chi connectivity index (χ3v) is 3.63. The molecule has 2 amide bonds. The number of carboxylic acid groups (broad SMARTS) is 1. The van der Waals surface area contributed by atoms with E-state index in [1.54, 1.807) is 6.07 Å². The van der Waals surface area contributed by atoms with Crippen molar-refractivity contribution in [3.8, 4) is 0 Å². The largest absolute Gasteiger partial charge is 0.478 e. The molecule has 1 aromatic rings. The van der Waals surface area contributed by atoms with E-state index in [0.717, 1.165) is 12.8 Å². The maximum absolute atomic E-state index is 12.1. The topological polar surface area (TPSA) is 89.9 Å². The summed E-state index contributed by atoms with van der Waals surface area (Å²) in [7, 11) is 0. The molecule has 6 nitrogen and oxygen atoms in total. The van der Waals surface area contributed by atoms with Gasteiger partial charge in [-0.05, 0) is 25.0 Å². The maximum atomic E-state index is 12.1. The summed E-state index contributed by atoms with van der Waals surface area (Å²) in [6.45, 7) is 0.439. The van der Waals surface area contributed by atoms with Crippen LogP contribution in [0.4, 0.5) is 10.5 Å². The maximum Gasteiger partial charge on any atom is 0.339 e. The minimum atomic E-state index is -1.20. The smallest absolute Gasteiger partial charge is 0.339 e. The predicted molar refractivity (Wildman–Crippen MR) is 74.2 cm³/mol. The van der Waals surface area contributed by atoms with Gasteiger partial charge in [-0.3, -0.25) is 0 Å². The Kier molecular flexibility index (Phi) is 4.46. The summed E-state index contributed by atoms with van der Waals surface area (Å²) >= 11 is 5.84. The van der Waals surface area contributed by atoms with Crippen molar-refractivity contribution in [2.45, 2.75) is 18.9 Å². The van der Waals surface area contributed by atoms with Crippen molar-refractivity contribution >= 4 is 29.3 Å². The highest BCUT2D eigenvalue weighted by molar-refractivity contribution is 6.34. The van der Waals surface area contributed by atoms with Gasteiger partial charge in [0.15, 0.2) is 0 Å². The van der Waals surface area contributed by atoms with Crippen LogP contribution >= 0.6 is 11.6 Å². The SMILES string of the molecule is O=C(O)c1c(Cl)cccc1NC(=O)N1CCCC1CO. The number of aromatic carboxylic acids is 1. The molecule has 1 aromatic carbocycles. The van der Waals surface area contributed by atoms with Crippen LogP contribution in [-0.4, -0.2) is 46.3 Å². The zero-order chi connectivity index (χ0) is 14.7. The summed E-state index contributed by atoms with van der Waals surface area (Å²) in [4.78, 5) is 24.8. The Bertz CT molecular complexity index is 535. The van der Waals surface area contributed by atoms with Crippen molar-refractivity contribution in [1.29, 1.82) is 0 Å². The van der Waals surface area contributed by atoms with Crippen molar-refractivity contribution in [3.05, 3.63) is 28.8 Å². The number of likely N-dealkylation sites (tertiary alicyclic amines) is 1. The molecule has 2 rings (SSSR count). The molecule has 108 valence electrons. The Morgan fingerprint density at radius 2 is 2.20 bits per heavy atom. The van der Waals surface area contributed by atoms with E-state index < -0.39 is 12.0 Å². The highest BCUT2D eigenvalue weighted by Gasteiger charge is 2.29. The van der Waals surface area contributed by atoms with E-state index in [0.29, 0.717) is 6.54 Å². The van der Waals surface area contributed by atoms with Crippen LogP contribution in [-0.2, 0) is 0 Å². The van der Waals surface area contributed by atoms with E-state index in [-0.39, 0.29) is 28.9 Å². The molecule has 1 saturated heterocycles. The molecule has 0 saturated carbocycles. The number of rotatable bonds is 3. The van der Waals surface area contributed by atoms with Gasteiger partial charge >= 0.3 is 12.0 Å². The molecule has 1 heterocycles. The summed E-state index contributed by atoms with van der Waals surface area (Å²) in [6, 6.07) is 3.86. The molecule has 1 fully saturated rings. The van der Waals surface area contributed by atoms with E-state index >= 15 is 0 Å². The molecule has 7 heteroatoms. The fourth-order valence-electron chi connectivity index (χ4n) is 2.33. The number of urea groups is 1. The number of nitrogens with one attached hydrogen (secondary N) is 1. The van der Waals surface area contributed by atoms with Crippen LogP contribution in [0, 0.1) is 0 Å². The Balaban J connectivity index is 2.20. The Morgan fingerprint density at radius 1 is 1.45 bits per heavy atom. The van der Waals surface area contributed by atoms with Crippen LogP contribution in [0.5, 0.6) is 0 Å². The second-order valence-corrected chi connectivity index (χ2v) is 4.98. The lowest BCUT2D eigenvalue weighted by molar-refractivity contribution is 0.0698. The van der Waals surface area contributed by atoms with Gasteiger partial charge in [-0.25, -0.2) is 9.59 Å². The van der Waals surface area contributed by atoms with Crippen LogP contribution in [0.2, 0.25) is 5.02 Å². The first-order valence-electron chi connectivity index (χ1n) is 6.25. The van der Waals surface area contributed by atoms with Crippen LogP contribution < -0.4 is 5.32 Å². The number of benzene rings is 1. The average molecular weight is 299 g/mol. The van der Waals surface area contributed by atoms with Crippen LogP contribution in [0.15, 0.2) is 18.2 Å². The van der Waals surface area contributed by atoms with E-state index in [1.807, 2.05) is 0 Å². The van der Waals surface area contributed by atoms with Crippen molar-refractivity contribution in [3.63, 3.8) is 0 Å². The molecule has 3 N–H and O–H groups in total. The van der Waals surface area contributed by atoms with Gasteiger partial charge in [-0.1, -0.05) is 17.7 Å². The summed E-state index contributed by atoms with van der Waals surface area (Å²) < 4.78 is 0. The molecule has 1 atom stereocenters. The molecule has 0 aromatic heterocycles. The molecule has 1 aliphatic rings. The second-order valence-electron chi connectivity index (χ2n) is 4.57. The minimum absolute atomic E-state index is 0.0652. The Morgan fingerprint density at radius 3 is 2.85 bits per heavy atom. The van der Waals surface area contributed by atoms with Gasteiger partial charge in [0.2, 0.25) is 0 Å². The van der Waals surface area contributed by atoms with Crippen LogP contribution in [0.3, 0.4) is 0 Å². The third-order valence-electron chi connectivity index (χ3n) is 3.32. The van der Waals surface area contributed by atoms with Crippen LogP contribution in [0.25, 0.3) is 0 Å². The summed E-state index contributed by atoms with van der Waals surface area (Å²) in [5, 5.41) is 20.9. The molecular formula is C13H15ClN2O4. The Labute approximate surface area is 121 Å². The van der Waals surface area contributed by atoms with E-state index in [2.05, 4.69) is 5.32 Å². The predicted octanol–water partition coefficient (Wildman–Crippen LogP) is 2.03. The highest BCUT2D eigenvalue weighted by atomic mass is 35.5. The molecule has 20 heavy (non-hydrogen) atoms. The standard InChI is InChI=1S/C13H15ClN2O4/c14-9-4-1-5-10(11(9)12(18)19)15-13(20)16-6-2-3-8(16)7-17/h1,4-5,8,17H,2-3,6-7H2,(H,15,20)(H,18,19). The fraction of sp³-hybridized carbons (Fsp3) is 0.385. The lowest BCUT2D eigenvalue weighted by Crippen LogP contribution is -2.40. The van der Waals surface area contributed by atoms with Crippen molar-refractivity contribution < 1.29 is 19.8 Å². The van der Waals surface area contributed by atoms with Crippen molar-refractivity contribution in [1.82, 2.24) is 4.90 Å². The number of hydrogen-bond acceptors (Lipinski definition) is 3. The van der Waals surface area contributed by atoms with Crippen molar-refractivity contribution in [2.24, 2.45) is 0 Å². The van der Waals surface area contributed by atoms with Gasteiger partial charge in [0.25, 0.3) is 0 Å². The number of nitrogens with zero attached hydrogens (tertiary/aromatic N) is 1. The zero-order valence-electron chi connectivity index (χ0n) is 10.7. The normalized spacial score (nSPS) is 18.1. The highest BCUT2D eigenvalue weighted by Crippen LogP contribution is 2.25. The number of carboxylic acids is 1. The molecule has 0 aliphatic carbocycles. The summed E-state index contributed by atoms with van der Waals surface area (Å²) in [5.41, 5.74) is 0.0147. The average Bonchev–Trinajstić information content (AvgIpc) is 2.86. The monoisotopic (exact) mass is 298 g/mol. The first-order chi connectivity index (χ1) is 9.54. The quantitative estimate of drug-likeness (QED) is 0.796. The van der Waals surface area contributed by atoms with E-state index in [9.17, 15) is 14.7 Å².